The molecule has 0 aliphatic carbocycles. The first-order valence-corrected chi connectivity index (χ1v) is 12.0. The summed E-state index contributed by atoms with van der Waals surface area (Å²) in [5.41, 5.74) is -0.105. The van der Waals surface area contributed by atoms with E-state index in [0.717, 1.165) is 24.3 Å². The summed E-state index contributed by atoms with van der Waals surface area (Å²) in [5, 5.41) is 12.1. The Balaban J connectivity index is 1.51. The van der Waals surface area contributed by atoms with Crippen molar-refractivity contribution in [3.05, 3.63) is 65.2 Å². The third-order valence-electron chi connectivity index (χ3n) is 5.60. The molecule has 1 aliphatic heterocycles. The van der Waals surface area contributed by atoms with Crippen LogP contribution in [0, 0.1) is 0 Å². The Labute approximate surface area is 222 Å². The standard InChI is InChI=1S/C26H26F3N5O5/c1-37-22-16-17(2-8-20(36)18-4-6-19(7-5-18)26(27,28)29)3-9-21(22)39-25-32-23(30-10-13-35)31-24(33-25)34-11-14-38-15-12-34/h2-9,16,35H,10-15H2,1H3,(H,30,31,32,33)/b8-2+. The van der Waals surface area contributed by atoms with E-state index in [4.69, 9.17) is 19.3 Å². The van der Waals surface area contributed by atoms with Gasteiger partial charge in [0.05, 0.1) is 32.5 Å². The maximum atomic E-state index is 12.8. The second kappa shape index (κ2) is 12.5. The van der Waals surface area contributed by atoms with Gasteiger partial charge in [-0.15, -0.1) is 0 Å². The Bertz CT molecular complexity index is 1310. The lowest BCUT2D eigenvalue weighted by molar-refractivity contribution is -0.137. The van der Waals surface area contributed by atoms with E-state index < -0.39 is 17.5 Å². The molecule has 4 rings (SSSR count). The van der Waals surface area contributed by atoms with Gasteiger partial charge in [0, 0.05) is 25.2 Å². The molecule has 0 saturated carbocycles. The molecule has 0 bridgehead atoms. The van der Waals surface area contributed by atoms with Crippen molar-refractivity contribution in [3.63, 3.8) is 0 Å². The van der Waals surface area contributed by atoms with E-state index in [1.54, 1.807) is 18.2 Å². The third kappa shape index (κ3) is 7.42. The quantitative estimate of drug-likeness (QED) is 0.287. The zero-order valence-electron chi connectivity index (χ0n) is 20.9. The molecule has 13 heteroatoms. The maximum Gasteiger partial charge on any atom is 0.416 e. The number of aliphatic hydroxyl groups excluding tert-OH is 1. The van der Waals surface area contributed by atoms with E-state index in [-0.39, 0.29) is 30.7 Å². The highest BCUT2D eigenvalue weighted by molar-refractivity contribution is 6.06. The average molecular weight is 546 g/mol. The van der Waals surface area contributed by atoms with Gasteiger partial charge in [0.25, 0.3) is 0 Å². The van der Waals surface area contributed by atoms with Crippen molar-refractivity contribution in [2.24, 2.45) is 0 Å². The minimum atomic E-state index is -4.47. The Morgan fingerprint density at radius 1 is 1.10 bits per heavy atom. The lowest BCUT2D eigenvalue weighted by atomic mass is 10.1. The maximum absolute atomic E-state index is 12.8. The van der Waals surface area contributed by atoms with Crippen LogP contribution in [0.25, 0.3) is 6.08 Å². The molecule has 1 fully saturated rings. The molecule has 206 valence electrons. The Morgan fingerprint density at radius 3 is 2.51 bits per heavy atom. The fourth-order valence-electron chi connectivity index (χ4n) is 3.61. The van der Waals surface area contributed by atoms with Gasteiger partial charge >= 0.3 is 12.2 Å². The molecular weight excluding hydrogens is 519 g/mol. The predicted molar refractivity (Wildman–Crippen MR) is 136 cm³/mol. The zero-order valence-corrected chi connectivity index (χ0v) is 20.9. The number of ketones is 1. The third-order valence-corrected chi connectivity index (χ3v) is 5.60. The second-order valence-corrected chi connectivity index (χ2v) is 8.28. The van der Waals surface area contributed by atoms with Gasteiger partial charge in [0.2, 0.25) is 11.9 Å². The number of nitrogens with one attached hydrogen (secondary N) is 1. The number of carbonyl (C=O) groups excluding carboxylic acids is 1. The first-order valence-electron chi connectivity index (χ1n) is 12.0. The van der Waals surface area contributed by atoms with E-state index in [1.807, 2.05) is 4.90 Å². The molecule has 2 N–H and O–H groups in total. The van der Waals surface area contributed by atoms with E-state index in [0.29, 0.717) is 49.3 Å². The summed E-state index contributed by atoms with van der Waals surface area (Å²) in [7, 11) is 1.45. The summed E-state index contributed by atoms with van der Waals surface area (Å²) in [5.74, 6) is 0.805. The number of halogens is 3. The molecule has 3 aromatic rings. The largest absolute Gasteiger partial charge is 0.493 e. The van der Waals surface area contributed by atoms with Gasteiger partial charge in [-0.25, -0.2) is 0 Å². The van der Waals surface area contributed by atoms with Crippen molar-refractivity contribution in [1.29, 1.82) is 0 Å². The normalized spacial score (nSPS) is 13.9. The highest BCUT2D eigenvalue weighted by Crippen LogP contribution is 2.33. The van der Waals surface area contributed by atoms with Crippen LogP contribution in [0.4, 0.5) is 25.1 Å². The van der Waals surface area contributed by atoms with E-state index in [9.17, 15) is 18.0 Å². The molecule has 2 aromatic carbocycles. The minimum Gasteiger partial charge on any atom is -0.493 e. The molecule has 10 nitrogen and oxygen atoms in total. The topological polar surface area (TPSA) is 119 Å². The first-order chi connectivity index (χ1) is 18.8. The Hall–Kier alpha value is -4.23. The molecule has 0 atom stereocenters. The lowest BCUT2D eigenvalue weighted by Crippen LogP contribution is -2.37. The van der Waals surface area contributed by atoms with Crippen molar-refractivity contribution < 1.29 is 37.3 Å². The van der Waals surface area contributed by atoms with Crippen molar-refractivity contribution in [1.82, 2.24) is 15.0 Å². The molecule has 1 aromatic heterocycles. The molecule has 0 unspecified atom stereocenters. The van der Waals surface area contributed by atoms with Crippen LogP contribution in [-0.2, 0) is 10.9 Å². The van der Waals surface area contributed by atoms with Crippen molar-refractivity contribution >= 4 is 23.8 Å². The van der Waals surface area contributed by atoms with Gasteiger partial charge in [0.15, 0.2) is 17.3 Å². The van der Waals surface area contributed by atoms with Crippen LogP contribution >= 0.6 is 0 Å². The lowest BCUT2D eigenvalue weighted by Gasteiger charge is -2.27. The number of benzene rings is 2. The number of aliphatic hydroxyl groups is 1. The summed E-state index contributed by atoms with van der Waals surface area (Å²) in [6.45, 7) is 2.38. The number of hydrogen-bond acceptors (Lipinski definition) is 10. The second-order valence-electron chi connectivity index (χ2n) is 8.28. The van der Waals surface area contributed by atoms with Gasteiger partial charge in [-0.3, -0.25) is 4.79 Å². The number of anilines is 2. The van der Waals surface area contributed by atoms with Crippen LogP contribution in [-0.4, -0.2) is 72.4 Å². The fraction of sp³-hybridized carbons (Fsp3) is 0.308. The van der Waals surface area contributed by atoms with Crippen LogP contribution in [0.1, 0.15) is 21.5 Å². The van der Waals surface area contributed by atoms with Gasteiger partial charge < -0.3 is 29.5 Å². The summed E-state index contributed by atoms with van der Waals surface area (Å²) >= 11 is 0. The number of ether oxygens (including phenoxy) is 3. The van der Waals surface area contributed by atoms with E-state index in [2.05, 4.69) is 20.3 Å². The number of allylic oxidation sites excluding steroid dienone is 1. The Kier molecular flexibility index (Phi) is 8.94. The van der Waals surface area contributed by atoms with Gasteiger partial charge in [-0.05, 0) is 35.9 Å². The first kappa shape index (κ1) is 27.8. The van der Waals surface area contributed by atoms with Crippen LogP contribution in [0.3, 0.4) is 0 Å². The molecule has 39 heavy (non-hydrogen) atoms. The van der Waals surface area contributed by atoms with Crippen molar-refractivity contribution in [2.45, 2.75) is 6.18 Å². The number of alkyl halides is 3. The number of aromatic nitrogens is 3. The molecule has 1 saturated heterocycles. The van der Waals surface area contributed by atoms with Crippen LogP contribution < -0.4 is 19.7 Å². The van der Waals surface area contributed by atoms with Gasteiger partial charge in [-0.2, -0.15) is 28.1 Å². The summed E-state index contributed by atoms with van der Waals surface area (Å²) in [6, 6.07) is 8.92. The number of carbonyl (C=O) groups is 1. The molecule has 0 radical (unpaired) electrons. The number of methoxy groups -OCH3 is 1. The molecule has 0 spiro atoms. The molecule has 2 heterocycles. The molecule has 0 amide bonds. The number of morpholine rings is 1. The smallest absolute Gasteiger partial charge is 0.416 e. The Morgan fingerprint density at radius 2 is 1.85 bits per heavy atom. The van der Waals surface area contributed by atoms with Gasteiger partial charge in [0.1, 0.15) is 0 Å². The molecule has 1 aliphatic rings. The highest BCUT2D eigenvalue weighted by Gasteiger charge is 2.30. The summed E-state index contributed by atoms with van der Waals surface area (Å²) in [6.07, 6.45) is -1.69. The molecular formula is C26H26F3N5O5. The monoisotopic (exact) mass is 545 g/mol. The number of nitrogens with zero attached hydrogens (tertiary/aromatic N) is 4. The minimum absolute atomic E-state index is 0.00556. The van der Waals surface area contributed by atoms with Crippen LogP contribution in [0.15, 0.2) is 48.5 Å². The number of rotatable bonds is 10. The SMILES string of the molecule is COc1cc(/C=C/C(=O)c2ccc(C(F)(F)F)cc2)ccc1Oc1nc(NCCO)nc(N2CCOCC2)n1. The van der Waals surface area contributed by atoms with E-state index in [1.165, 1.54) is 19.3 Å². The summed E-state index contributed by atoms with van der Waals surface area (Å²) < 4.78 is 55.0. The van der Waals surface area contributed by atoms with Crippen LogP contribution in [0.5, 0.6) is 17.5 Å². The highest BCUT2D eigenvalue weighted by atomic mass is 19.4. The van der Waals surface area contributed by atoms with Crippen molar-refractivity contribution in [3.8, 4) is 17.5 Å². The fourth-order valence-corrected chi connectivity index (χ4v) is 3.61. The van der Waals surface area contributed by atoms with Crippen LogP contribution in [0.2, 0.25) is 0 Å². The van der Waals surface area contributed by atoms with Gasteiger partial charge in [-0.1, -0.05) is 24.3 Å². The predicted octanol–water partition coefficient (Wildman–Crippen LogP) is 3.83. The number of hydrogen-bond donors (Lipinski definition) is 2. The van der Waals surface area contributed by atoms with E-state index >= 15 is 0 Å². The average Bonchev–Trinajstić information content (AvgIpc) is 2.95. The zero-order chi connectivity index (χ0) is 27.8. The summed E-state index contributed by atoms with van der Waals surface area (Å²) in [4.78, 5) is 27.4. The van der Waals surface area contributed by atoms with Crippen molar-refractivity contribution in [2.75, 3.05) is 56.8 Å².